The largest absolute Gasteiger partial charge is 0.456 e. The molecule has 210 valence electrons. The lowest BCUT2D eigenvalue weighted by molar-refractivity contribution is 0.631. The highest BCUT2D eigenvalue weighted by Gasteiger charge is 2.17. The van der Waals surface area contributed by atoms with E-state index in [2.05, 4.69) is 0 Å². The standard InChI is InChI=1S/C38H24N2O4/c1-39-29-13-11-23(35-17-21-7-3-5-9-33(21)43-35)15-25(29)37(41)27-20-32-28(19-31(27)39)38(42)26-16-24(12-14-30(26)40(32)2)36-18-22-8-4-6-10-34(22)44-36/h3-20H,1-2H3. The molecule has 0 amide bonds. The number of hydrogen-bond donors (Lipinski definition) is 0. The van der Waals surface area contributed by atoms with E-state index >= 15 is 0 Å². The highest BCUT2D eigenvalue weighted by Crippen LogP contribution is 2.33. The number of rotatable bonds is 2. The summed E-state index contributed by atoms with van der Waals surface area (Å²) in [6.07, 6.45) is 0. The molecule has 0 N–H and O–H groups in total. The molecule has 0 saturated carbocycles. The van der Waals surface area contributed by atoms with Gasteiger partial charge in [-0.3, -0.25) is 9.59 Å². The molecule has 0 bridgehead atoms. The van der Waals surface area contributed by atoms with Crippen LogP contribution in [-0.2, 0) is 14.1 Å². The molecule has 0 aliphatic carbocycles. The maximum atomic E-state index is 14.0. The third-order valence-corrected chi connectivity index (χ3v) is 8.95. The molecule has 0 saturated heterocycles. The Hall–Kier alpha value is -5.88. The summed E-state index contributed by atoms with van der Waals surface area (Å²) >= 11 is 0. The maximum Gasteiger partial charge on any atom is 0.197 e. The van der Waals surface area contributed by atoms with Crippen LogP contribution in [0.4, 0.5) is 0 Å². The lowest BCUT2D eigenvalue weighted by Crippen LogP contribution is -2.13. The Morgan fingerprint density at radius 1 is 0.455 bits per heavy atom. The molecule has 0 aliphatic heterocycles. The molecule has 0 fully saturated rings. The molecular formula is C38H24N2O4. The summed E-state index contributed by atoms with van der Waals surface area (Å²) in [5, 5.41) is 4.33. The second kappa shape index (κ2) is 8.82. The van der Waals surface area contributed by atoms with Crippen LogP contribution in [-0.4, -0.2) is 9.13 Å². The Morgan fingerprint density at radius 2 is 0.864 bits per heavy atom. The summed E-state index contributed by atoms with van der Waals surface area (Å²) in [6.45, 7) is 0. The molecule has 9 aromatic rings. The van der Waals surface area contributed by atoms with E-state index in [0.29, 0.717) is 44.1 Å². The van der Waals surface area contributed by atoms with Gasteiger partial charge in [0, 0.05) is 57.5 Å². The van der Waals surface area contributed by atoms with Crippen molar-refractivity contribution in [3.8, 4) is 22.6 Å². The molecule has 9 rings (SSSR count). The molecule has 5 aromatic carbocycles. The highest BCUT2D eigenvalue weighted by atomic mass is 16.3. The topological polar surface area (TPSA) is 70.3 Å². The molecular weight excluding hydrogens is 548 g/mol. The Kier molecular flexibility index (Phi) is 4.95. The van der Waals surface area contributed by atoms with Gasteiger partial charge in [-0.2, -0.15) is 0 Å². The number of benzene rings is 5. The van der Waals surface area contributed by atoms with Crippen LogP contribution in [0.5, 0.6) is 0 Å². The number of para-hydroxylation sites is 2. The van der Waals surface area contributed by atoms with E-state index in [4.69, 9.17) is 8.83 Å². The van der Waals surface area contributed by atoms with Gasteiger partial charge in [0.2, 0.25) is 0 Å². The average molecular weight is 573 g/mol. The van der Waals surface area contributed by atoms with Gasteiger partial charge >= 0.3 is 0 Å². The summed E-state index contributed by atoms with van der Waals surface area (Å²) in [5.41, 5.74) is 6.10. The molecule has 44 heavy (non-hydrogen) atoms. The van der Waals surface area contributed by atoms with Crippen molar-refractivity contribution in [2.45, 2.75) is 0 Å². The minimum Gasteiger partial charge on any atom is -0.456 e. The molecule has 6 nitrogen and oxygen atoms in total. The van der Waals surface area contributed by atoms with Crippen LogP contribution in [0.25, 0.3) is 88.2 Å². The van der Waals surface area contributed by atoms with Crippen LogP contribution in [0, 0.1) is 0 Å². The van der Waals surface area contributed by atoms with Gasteiger partial charge in [0.15, 0.2) is 10.9 Å². The van der Waals surface area contributed by atoms with Crippen molar-refractivity contribution in [3.05, 3.63) is 130 Å². The first-order chi connectivity index (χ1) is 21.4. The van der Waals surface area contributed by atoms with Crippen molar-refractivity contribution in [2.24, 2.45) is 14.1 Å². The Morgan fingerprint density at radius 3 is 1.30 bits per heavy atom. The van der Waals surface area contributed by atoms with Gasteiger partial charge in [-0.05, 0) is 72.8 Å². The number of pyridine rings is 2. The number of nitrogens with zero attached hydrogens (tertiary/aromatic N) is 2. The predicted octanol–water partition coefficient (Wildman–Crippen LogP) is 8.52. The fourth-order valence-electron chi connectivity index (χ4n) is 6.62. The normalized spacial score (nSPS) is 12.0. The molecule has 6 heteroatoms. The van der Waals surface area contributed by atoms with E-state index in [1.165, 1.54) is 0 Å². The first kappa shape index (κ1) is 24.7. The van der Waals surface area contributed by atoms with E-state index in [1.54, 1.807) is 0 Å². The van der Waals surface area contributed by atoms with Crippen LogP contribution >= 0.6 is 0 Å². The molecule has 0 spiro atoms. The summed E-state index contributed by atoms with van der Waals surface area (Å²) in [5.74, 6) is 1.43. The fourth-order valence-corrected chi connectivity index (χ4v) is 6.62. The van der Waals surface area contributed by atoms with Crippen molar-refractivity contribution < 1.29 is 8.83 Å². The van der Waals surface area contributed by atoms with Gasteiger partial charge in [-0.1, -0.05) is 36.4 Å². The number of aryl methyl sites for hydroxylation is 2. The van der Waals surface area contributed by atoms with Crippen molar-refractivity contribution in [2.75, 3.05) is 0 Å². The summed E-state index contributed by atoms with van der Waals surface area (Å²) in [4.78, 5) is 28.1. The third-order valence-electron chi connectivity index (χ3n) is 8.95. The first-order valence-corrected chi connectivity index (χ1v) is 14.5. The molecule has 4 heterocycles. The zero-order valence-corrected chi connectivity index (χ0v) is 23.9. The minimum atomic E-state index is -0.0826. The minimum absolute atomic E-state index is 0.0826. The smallest absolute Gasteiger partial charge is 0.197 e. The quantitative estimate of drug-likeness (QED) is 0.195. The lowest BCUT2D eigenvalue weighted by Gasteiger charge is -2.15. The lowest BCUT2D eigenvalue weighted by atomic mass is 10.0. The second-order valence-corrected chi connectivity index (χ2v) is 11.4. The zero-order chi connectivity index (χ0) is 29.7. The highest BCUT2D eigenvalue weighted by molar-refractivity contribution is 6.04. The van der Waals surface area contributed by atoms with Gasteiger partial charge in [0.25, 0.3) is 0 Å². The fraction of sp³-hybridized carbons (Fsp3) is 0.0526. The van der Waals surface area contributed by atoms with Crippen molar-refractivity contribution in [1.82, 2.24) is 9.13 Å². The van der Waals surface area contributed by atoms with Gasteiger partial charge in [-0.25, -0.2) is 0 Å². The number of furan rings is 2. The maximum absolute atomic E-state index is 14.0. The van der Waals surface area contributed by atoms with Gasteiger partial charge in [-0.15, -0.1) is 0 Å². The zero-order valence-electron chi connectivity index (χ0n) is 23.9. The second-order valence-electron chi connectivity index (χ2n) is 11.4. The van der Waals surface area contributed by atoms with E-state index in [0.717, 1.165) is 44.1 Å². The third kappa shape index (κ3) is 3.42. The van der Waals surface area contributed by atoms with Crippen LogP contribution in [0.1, 0.15) is 0 Å². The van der Waals surface area contributed by atoms with Crippen LogP contribution < -0.4 is 10.9 Å². The molecule has 0 atom stereocenters. The Labute approximate surface area is 249 Å². The van der Waals surface area contributed by atoms with E-state index < -0.39 is 0 Å². The molecule has 0 radical (unpaired) electrons. The van der Waals surface area contributed by atoms with Gasteiger partial charge in [0.05, 0.1) is 22.1 Å². The molecule has 4 aromatic heterocycles. The summed E-state index contributed by atoms with van der Waals surface area (Å²) < 4.78 is 16.2. The summed E-state index contributed by atoms with van der Waals surface area (Å²) in [6, 6.07) is 35.1. The molecule has 0 aliphatic rings. The van der Waals surface area contributed by atoms with Crippen molar-refractivity contribution >= 4 is 65.6 Å². The van der Waals surface area contributed by atoms with Crippen molar-refractivity contribution in [3.63, 3.8) is 0 Å². The SMILES string of the molecule is Cn1c2ccc(-c3cc4ccccc4o3)cc2c(=O)c2cc3c(cc21)c(=O)c1cc(-c2cc4ccccc4o2)ccc1n3C. The van der Waals surface area contributed by atoms with Gasteiger partial charge in [0.1, 0.15) is 22.7 Å². The number of hydrogen-bond acceptors (Lipinski definition) is 4. The first-order valence-electron chi connectivity index (χ1n) is 14.5. The van der Waals surface area contributed by atoms with Crippen molar-refractivity contribution in [1.29, 1.82) is 0 Å². The number of aromatic nitrogens is 2. The predicted molar refractivity (Wildman–Crippen MR) is 177 cm³/mol. The van der Waals surface area contributed by atoms with E-state index in [9.17, 15) is 9.59 Å². The van der Waals surface area contributed by atoms with Crippen LogP contribution in [0.3, 0.4) is 0 Å². The van der Waals surface area contributed by atoms with Crippen LogP contribution in [0.15, 0.2) is 128 Å². The number of fused-ring (bicyclic) bond motifs is 6. The monoisotopic (exact) mass is 572 g/mol. The van der Waals surface area contributed by atoms with E-state index in [1.807, 2.05) is 132 Å². The van der Waals surface area contributed by atoms with Gasteiger partial charge < -0.3 is 18.0 Å². The van der Waals surface area contributed by atoms with E-state index in [-0.39, 0.29) is 10.9 Å². The Balaban J connectivity index is 1.27. The average Bonchev–Trinajstić information content (AvgIpc) is 3.70. The molecule has 0 unspecified atom stereocenters. The summed E-state index contributed by atoms with van der Waals surface area (Å²) in [7, 11) is 3.87. The van der Waals surface area contributed by atoms with Crippen LogP contribution in [0.2, 0.25) is 0 Å². The Bertz CT molecular complexity index is 2530.